The Morgan fingerprint density at radius 3 is 1.84 bits per heavy atom. The Morgan fingerprint density at radius 2 is 1.42 bits per heavy atom. The third-order valence-electron chi connectivity index (χ3n) is 2.62. The number of rotatable bonds is 3. The number of carbonyl (C=O) groups is 1. The van der Waals surface area contributed by atoms with Gasteiger partial charge in [-0.1, -0.05) is 36.4 Å². The molecule has 19 heavy (non-hydrogen) atoms. The second-order valence-electron chi connectivity index (χ2n) is 3.94. The highest BCUT2D eigenvalue weighted by Crippen LogP contribution is 2.25. The van der Waals surface area contributed by atoms with Gasteiger partial charge in [0.1, 0.15) is 0 Å². The molecule has 0 saturated heterocycles. The van der Waals surface area contributed by atoms with Crippen LogP contribution < -0.4 is 4.90 Å². The first kappa shape index (κ1) is 12.9. The number of nitrogens with zero attached hydrogens (tertiary/aromatic N) is 1. The van der Waals surface area contributed by atoms with Crippen LogP contribution in [0.4, 0.5) is 11.4 Å². The van der Waals surface area contributed by atoms with Gasteiger partial charge in [-0.2, -0.15) is 0 Å². The lowest BCUT2D eigenvalue weighted by molar-refractivity contribution is -0.113. The van der Waals surface area contributed by atoms with E-state index in [2.05, 4.69) is 5.73 Å². The van der Waals surface area contributed by atoms with Crippen LogP contribution in [0.25, 0.3) is 0 Å². The molecular formula is C17H15NO. The van der Waals surface area contributed by atoms with Crippen LogP contribution in [-0.2, 0) is 4.79 Å². The van der Waals surface area contributed by atoms with Gasteiger partial charge >= 0.3 is 0 Å². The molecular weight excluding hydrogens is 234 g/mol. The predicted octanol–water partition coefficient (Wildman–Crippen LogP) is 4.08. The fourth-order valence-electron chi connectivity index (χ4n) is 1.78. The summed E-state index contributed by atoms with van der Waals surface area (Å²) < 4.78 is 0. The Bertz CT molecular complexity index is 556. The molecule has 0 heterocycles. The molecule has 0 aliphatic carbocycles. The zero-order valence-corrected chi connectivity index (χ0v) is 10.8. The number of anilines is 2. The second-order valence-corrected chi connectivity index (χ2v) is 3.94. The minimum absolute atomic E-state index is 0.115. The summed E-state index contributed by atoms with van der Waals surface area (Å²) in [7, 11) is 0. The van der Waals surface area contributed by atoms with Crippen molar-refractivity contribution in [1.29, 1.82) is 0 Å². The Hall–Kier alpha value is -2.57. The van der Waals surface area contributed by atoms with Gasteiger partial charge in [-0.25, -0.2) is 0 Å². The molecule has 0 bridgehead atoms. The third kappa shape index (κ3) is 3.21. The minimum Gasteiger partial charge on any atom is -0.277 e. The van der Waals surface area contributed by atoms with Gasteiger partial charge in [0.2, 0.25) is 0 Å². The Balaban J connectivity index is 2.46. The first-order valence-corrected chi connectivity index (χ1v) is 6.14. The molecule has 0 fully saturated rings. The average molecular weight is 249 g/mol. The quantitative estimate of drug-likeness (QED) is 0.593. The van der Waals surface area contributed by atoms with Crippen molar-refractivity contribution in [2.24, 2.45) is 0 Å². The van der Waals surface area contributed by atoms with E-state index in [0.717, 1.165) is 11.4 Å². The zero-order chi connectivity index (χ0) is 13.5. The third-order valence-corrected chi connectivity index (χ3v) is 2.62. The van der Waals surface area contributed by atoms with Crippen LogP contribution in [0.5, 0.6) is 0 Å². The van der Waals surface area contributed by atoms with Gasteiger partial charge in [0.25, 0.3) is 5.91 Å². The molecule has 0 spiro atoms. The van der Waals surface area contributed by atoms with Crippen LogP contribution >= 0.6 is 0 Å². The van der Waals surface area contributed by atoms with E-state index in [9.17, 15) is 4.79 Å². The number of para-hydroxylation sites is 2. The van der Waals surface area contributed by atoms with Crippen LogP contribution in [0.1, 0.15) is 6.92 Å². The van der Waals surface area contributed by atoms with Crippen LogP contribution in [0, 0.1) is 0 Å². The lowest BCUT2D eigenvalue weighted by Crippen LogP contribution is -2.23. The molecule has 1 amide bonds. The number of benzene rings is 2. The molecule has 0 unspecified atom stereocenters. The van der Waals surface area contributed by atoms with E-state index in [1.165, 1.54) is 6.08 Å². The SMILES string of the molecule is CC=C=CC(=O)N(c1ccccc1)c1ccccc1. The molecule has 0 aromatic heterocycles. The first-order valence-electron chi connectivity index (χ1n) is 6.14. The highest BCUT2D eigenvalue weighted by molar-refractivity contribution is 6.06. The van der Waals surface area contributed by atoms with E-state index < -0.39 is 0 Å². The molecule has 0 aliphatic rings. The summed E-state index contributed by atoms with van der Waals surface area (Å²) in [5.74, 6) is -0.115. The maximum atomic E-state index is 12.3. The zero-order valence-electron chi connectivity index (χ0n) is 10.8. The molecule has 0 aliphatic heterocycles. The van der Waals surface area contributed by atoms with Gasteiger partial charge < -0.3 is 0 Å². The maximum Gasteiger partial charge on any atom is 0.263 e. The minimum atomic E-state index is -0.115. The summed E-state index contributed by atoms with van der Waals surface area (Å²) >= 11 is 0. The Morgan fingerprint density at radius 1 is 0.947 bits per heavy atom. The van der Waals surface area contributed by atoms with Crippen molar-refractivity contribution in [2.75, 3.05) is 4.90 Å². The summed E-state index contributed by atoms with van der Waals surface area (Å²) in [6, 6.07) is 19.2. The molecule has 2 heteroatoms. The first-order chi connectivity index (χ1) is 9.33. The molecule has 0 saturated carbocycles. The van der Waals surface area contributed by atoms with E-state index in [-0.39, 0.29) is 5.91 Å². The van der Waals surface area contributed by atoms with Crippen molar-refractivity contribution >= 4 is 17.3 Å². The van der Waals surface area contributed by atoms with E-state index >= 15 is 0 Å². The van der Waals surface area contributed by atoms with Gasteiger partial charge in [-0.05, 0) is 37.3 Å². The van der Waals surface area contributed by atoms with Gasteiger partial charge in [-0.15, -0.1) is 5.73 Å². The molecule has 0 atom stereocenters. The fourth-order valence-corrected chi connectivity index (χ4v) is 1.78. The largest absolute Gasteiger partial charge is 0.277 e. The summed E-state index contributed by atoms with van der Waals surface area (Å²) in [4.78, 5) is 14.0. The van der Waals surface area contributed by atoms with Crippen molar-refractivity contribution in [1.82, 2.24) is 0 Å². The van der Waals surface area contributed by atoms with Crippen LogP contribution in [0.15, 0.2) is 78.5 Å². The molecule has 0 radical (unpaired) electrons. The number of amides is 1. The van der Waals surface area contributed by atoms with Gasteiger partial charge in [0, 0.05) is 17.5 Å². The van der Waals surface area contributed by atoms with E-state index in [4.69, 9.17) is 0 Å². The topological polar surface area (TPSA) is 20.3 Å². The Labute approximate surface area is 113 Å². The fraction of sp³-hybridized carbons (Fsp3) is 0.0588. The van der Waals surface area contributed by atoms with E-state index in [1.807, 2.05) is 67.6 Å². The molecule has 2 aromatic rings. The summed E-state index contributed by atoms with van der Waals surface area (Å²) in [6.07, 6.45) is 3.16. The summed E-state index contributed by atoms with van der Waals surface area (Å²) in [5, 5.41) is 0. The highest BCUT2D eigenvalue weighted by Gasteiger charge is 2.14. The van der Waals surface area contributed by atoms with Gasteiger partial charge in [0.15, 0.2) is 0 Å². The lowest BCUT2D eigenvalue weighted by Gasteiger charge is -2.21. The maximum absolute atomic E-state index is 12.3. The molecule has 2 nitrogen and oxygen atoms in total. The van der Waals surface area contributed by atoms with Crippen LogP contribution in [0.2, 0.25) is 0 Å². The predicted molar refractivity (Wildman–Crippen MR) is 78.4 cm³/mol. The monoisotopic (exact) mass is 249 g/mol. The molecule has 0 N–H and O–H groups in total. The van der Waals surface area contributed by atoms with E-state index in [1.54, 1.807) is 11.0 Å². The van der Waals surface area contributed by atoms with Crippen LogP contribution in [-0.4, -0.2) is 5.91 Å². The lowest BCUT2D eigenvalue weighted by atomic mass is 10.2. The van der Waals surface area contributed by atoms with Crippen molar-refractivity contribution in [3.05, 3.63) is 78.5 Å². The number of carbonyl (C=O) groups excluding carboxylic acids is 1. The summed E-state index contributed by atoms with van der Waals surface area (Å²) in [5.41, 5.74) is 4.51. The smallest absolute Gasteiger partial charge is 0.263 e. The van der Waals surface area contributed by atoms with Gasteiger partial charge in [-0.3, -0.25) is 9.69 Å². The normalized spacial score (nSPS) is 9.32. The van der Waals surface area contributed by atoms with E-state index in [0.29, 0.717) is 0 Å². The molecule has 94 valence electrons. The van der Waals surface area contributed by atoms with Gasteiger partial charge in [0.05, 0.1) is 0 Å². The number of hydrogen-bond acceptors (Lipinski definition) is 1. The number of hydrogen-bond donors (Lipinski definition) is 0. The standard InChI is InChI=1S/C17H15NO/c1-2-3-14-17(19)18(15-10-6-4-7-11-15)16-12-8-5-9-13-16/h2,4-14H,1H3. The Kier molecular flexibility index (Phi) is 4.33. The molecule has 2 aromatic carbocycles. The van der Waals surface area contributed by atoms with Crippen molar-refractivity contribution in [3.63, 3.8) is 0 Å². The molecule has 2 rings (SSSR count). The average Bonchev–Trinajstić information content (AvgIpc) is 2.47. The van der Waals surface area contributed by atoms with Crippen molar-refractivity contribution < 1.29 is 4.79 Å². The highest BCUT2D eigenvalue weighted by atomic mass is 16.2. The van der Waals surface area contributed by atoms with Crippen LogP contribution in [0.3, 0.4) is 0 Å². The van der Waals surface area contributed by atoms with Crippen molar-refractivity contribution in [3.8, 4) is 0 Å². The second kappa shape index (κ2) is 6.39. The summed E-state index contributed by atoms with van der Waals surface area (Å²) in [6.45, 7) is 1.83. The van der Waals surface area contributed by atoms with Crippen molar-refractivity contribution in [2.45, 2.75) is 6.92 Å².